The fraction of sp³-hybridized carbons (Fsp3) is 0.158. The second kappa shape index (κ2) is 4.55. The topological polar surface area (TPSA) is 0 Å². The van der Waals surface area contributed by atoms with E-state index in [1.807, 2.05) is 0 Å². The first-order valence-electron chi connectivity index (χ1n) is 6.80. The molecule has 0 unspecified atom stereocenters. The van der Waals surface area contributed by atoms with Crippen LogP contribution in [0.25, 0.3) is 33.7 Å². The van der Waals surface area contributed by atoms with Gasteiger partial charge in [0, 0.05) is 0 Å². The summed E-state index contributed by atoms with van der Waals surface area (Å²) >= 11 is 0. The lowest BCUT2D eigenvalue weighted by Crippen LogP contribution is -2.03. The Kier molecular flexibility index (Phi) is 2.87. The second-order valence-electron chi connectivity index (χ2n) is 5.00. The maximum atomic E-state index is 2.25. The summed E-state index contributed by atoms with van der Waals surface area (Å²) in [5.41, 5.74) is 2.65. The molecule has 0 nitrogen and oxygen atoms in total. The molecule has 0 saturated carbocycles. The van der Waals surface area contributed by atoms with E-state index in [9.17, 15) is 0 Å². The van der Waals surface area contributed by atoms with Crippen molar-refractivity contribution in [1.29, 1.82) is 0 Å². The first-order chi connectivity index (χ1) is 9.26. The van der Waals surface area contributed by atoms with Gasteiger partial charge in [0.1, 0.15) is 0 Å². The highest BCUT2D eigenvalue weighted by atomic mass is 14.1. The SMILES string of the molecule is C/C=C\c1ccc2c(C)ccc3cc/c(=C/C)c1c32. The molecule has 0 aliphatic heterocycles. The summed E-state index contributed by atoms with van der Waals surface area (Å²) in [4.78, 5) is 0. The highest BCUT2D eigenvalue weighted by molar-refractivity contribution is 6.13. The van der Waals surface area contributed by atoms with Crippen molar-refractivity contribution in [2.45, 2.75) is 20.8 Å². The summed E-state index contributed by atoms with van der Waals surface area (Å²) in [5.74, 6) is 0. The molecule has 0 radical (unpaired) electrons. The van der Waals surface area contributed by atoms with E-state index in [0.29, 0.717) is 0 Å². The number of allylic oxidation sites excluding steroid dienone is 1. The highest BCUT2D eigenvalue weighted by Crippen LogP contribution is 2.30. The van der Waals surface area contributed by atoms with Crippen LogP contribution in [0.4, 0.5) is 0 Å². The molecule has 0 heterocycles. The summed E-state index contributed by atoms with van der Waals surface area (Å²) in [5, 5.41) is 6.78. The Morgan fingerprint density at radius 1 is 0.842 bits per heavy atom. The van der Waals surface area contributed by atoms with Gasteiger partial charge in [-0.2, -0.15) is 0 Å². The standard InChI is InChI=1S/C19H18/c1-4-6-15-11-12-17-13(3)7-8-16-10-9-14(5-2)18(15)19(16)17/h4-12H,1-3H3/b6-4-,14-5-. The van der Waals surface area contributed by atoms with Gasteiger partial charge >= 0.3 is 0 Å². The van der Waals surface area contributed by atoms with Gasteiger partial charge in [0.2, 0.25) is 0 Å². The maximum Gasteiger partial charge on any atom is -0.00243 e. The van der Waals surface area contributed by atoms with E-state index in [0.717, 1.165) is 0 Å². The van der Waals surface area contributed by atoms with Crippen LogP contribution in [-0.4, -0.2) is 0 Å². The van der Waals surface area contributed by atoms with Gasteiger partial charge in [-0.3, -0.25) is 0 Å². The molecular formula is C19H18. The minimum atomic E-state index is 1.30. The van der Waals surface area contributed by atoms with Gasteiger partial charge in [-0.25, -0.2) is 0 Å². The van der Waals surface area contributed by atoms with Crippen LogP contribution in [0.2, 0.25) is 0 Å². The lowest BCUT2D eigenvalue weighted by Gasteiger charge is -2.11. The molecule has 0 aliphatic carbocycles. The molecule has 0 bridgehead atoms. The molecule has 19 heavy (non-hydrogen) atoms. The number of aryl methyl sites for hydroxylation is 1. The van der Waals surface area contributed by atoms with E-state index in [-0.39, 0.29) is 0 Å². The average molecular weight is 246 g/mol. The first-order valence-corrected chi connectivity index (χ1v) is 6.80. The molecule has 0 spiro atoms. The minimum absolute atomic E-state index is 1.30. The highest BCUT2D eigenvalue weighted by Gasteiger charge is 2.07. The van der Waals surface area contributed by atoms with Crippen molar-refractivity contribution in [2.75, 3.05) is 0 Å². The van der Waals surface area contributed by atoms with Gasteiger partial charge in [-0.1, -0.05) is 54.6 Å². The van der Waals surface area contributed by atoms with Crippen molar-refractivity contribution in [1.82, 2.24) is 0 Å². The summed E-state index contributed by atoms with van der Waals surface area (Å²) in [6.07, 6.45) is 6.51. The van der Waals surface area contributed by atoms with Crippen LogP contribution < -0.4 is 5.22 Å². The third-order valence-electron chi connectivity index (χ3n) is 3.85. The van der Waals surface area contributed by atoms with E-state index >= 15 is 0 Å². The predicted octanol–water partition coefficient (Wildman–Crippen LogP) is 4.85. The summed E-state index contributed by atoms with van der Waals surface area (Å²) in [6.45, 7) is 6.37. The van der Waals surface area contributed by atoms with Crippen LogP contribution in [0.15, 0.2) is 42.5 Å². The fourth-order valence-electron chi connectivity index (χ4n) is 2.91. The molecule has 3 aromatic rings. The Labute approximate surface area is 114 Å². The van der Waals surface area contributed by atoms with E-state index in [1.165, 1.54) is 37.9 Å². The van der Waals surface area contributed by atoms with Crippen LogP contribution in [0.3, 0.4) is 0 Å². The van der Waals surface area contributed by atoms with Gasteiger partial charge in [0.05, 0.1) is 0 Å². The zero-order valence-electron chi connectivity index (χ0n) is 11.7. The molecule has 0 N–H and O–H groups in total. The van der Waals surface area contributed by atoms with Crippen molar-refractivity contribution >= 4 is 33.7 Å². The second-order valence-corrected chi connectivity index (χ2v) is 5.00. The Bertz CT molecular complexity index is 835. The summed E-state index contributed by atoms with van der Waals surface area (Å²) in [6, 6.07) is 13.4. The van der Waals surface area contributed by atoms with Gasteiger partial charge in [0.25, 0.3) is 0 Å². The van der Waals surface area contributed by atoms with Crippen molar-refractivity contribution in [3.8, 4) is 0 Å². The van der Waals surface area contributed by atoms with E-state index in [4.69, 9.17) is 0 Å². The number of rotatable bonds is 1. The average Bonchev–Trinajstić information content (AvgIpc) is 2.44. The number of hydrogen-bond acceptors (Lipinski definition) is 0. The molecule has 0 amide bonds. The Balaban J connectivity index is 2.67. The van der Waals surface area contributed by atoms with Crippen LogP contribution in [-0.2, 0) is 0 Å². The van der Waals surface area contributed by atoms with Crippen molar-refractivity contribution < 1.29 is 0 Å². The van der Waals surface area contributed by atoms with E-state index < -0.39 is 0 Å². The largest absolute Gasteiger partial charge is 0.0870 e. The van der Waals surface area contributed by atoms with Gasteiger partial charge in [0.15, 0.2) is 0 Å². The third kappa shape index (κ3) is 1.76. The summed E-state index contributed by atoms with van der Waals surface area (Å²) in [7, 11) is 0. The van der Waals surface area contributed by atoms with E-state index in [1.54, 1.807) is 0 Å². The molecule has 0 atom stereocenters. The monoisotopic (exact) mass is 246 g/mol. The minimum Gasteiger partial charge on any atom is -0.0870 e. The zero-order chi connectivity index (χ0) is 13.4. The Hall–Kier alpha value is -2.08. The molecule has 0 aliphatic rings. The Morgan fingerprint density at radius 3 is 2.37 bits per heavy atom. The van der Waals surface area contributed by atoms with Crippen molar-refractivity contribution in [3.63, 3.8) is 0 Å². The van der Waals surface area contributed by atoms with Crippen LogP contribution in [0, 0.1) is 6.92 Å². The fourth-order valence-corrected chi connectivity index (χ4v) is 2.91. The molecule has 0 aromatic heterocycles. The van der Waals surface area contributed by atoms with Crippen LogP contribution in [0.5, 0.6) is 0 Å². The predicted molar refractivity (Wildman–Crippen MR) is 86.3 cm³/mol. The quantitative estimate of drug-likeness (QED) is 0.575. The lowest BCUT2D eigenvalue weighted by molar-refractivity contribution is 1.53. The maximum absolute atomic E-state index is 2.25. The number of benzene rings is 3. The van der Waals surface area contributed by atoms with Crippen LogP contribution >= 0.6 is 0 Å². The molecule has 94 valence electrons. The normalized spacial score (nSPS) is 13.1. The van der Waals surface area contributed by atoms with Gasteiger partial charge in [-0.05, 0) is 58.7 Å². The Morgan fingerprint density at radius 2 is 1.63 bits per heavy atom. The van der Waals surface area contributed by atoms with E-state index in [2.05, 4.69) is 75.4 Å². The third-order valence-corrected chi connectivity index (χ3v) is 3.85. The van der Waals surface area contributed by atoms with Crippen molar-refractivity contribution in [2.24, 2.45) is 0 Å². The van der Waals surface area contributed by atoms with Crippen molar-refractivity contribution in [3.05, 3.63) is 58.8 Å². The summed E-state index contributed by atoms with van der Waals surface area (Å²) < 4.78 is 0. The van der Waals surface area contributed by atoms with Gasteiger partial charge in [-0.15, -0.1) is 0 Å². The molecule has 0 saturated heterocycles. The molecule has 3 aromatic carbocycles. The lowest BCUT2D eigenvalue weighted by atomic mass is 9.92. The smallest absolute Gasteiger partial charge is 0.00243 e. The van der Waals surface area contributed by atoms with Gasteiger partial charge < -0.3 is 0 Å². The molecule has 0 fully saturated rings. The molecule has 3 rings (SSSR count). The first kappa shape index (κ1) is 12.0. The number of hydrogen-bond donors (Lipinski definition) is 0. The molecular weight excluding hydrogens is 228 g/mol. The zero-order valence-corrected chi connectivity index (χ0v) is 11.7. The van der Waals surface area contributed by atoms with Crippen LogP contribution in [0.1, 0.15) is 25.0 Å². The molecule has 0 heteroatoms.